The smallest absolute Gasteiger partial charge is 0.234 e. The number of para-hydroxylation sites is 1. The van der Waals surface area contributed by atoms with Gasteiger partial charge in [-0.05, 0) is 28.5 Å². The molecule has 0 bridgehead atoms. The van der Waals surface area contributed by atoms with Gasteiger partial charge in [-0.2, -0.15) is 0 Å². The molecular weight excluding hydrogens is 394 g/mol. The van der Waals surface area contributed by atoms with E-state index in [-0.39, 0.29) is 17.1 Å². The van der Waals surface area contributed by atoms with Crippen LogP contribution >= 0.6 is 11.8 Å². The topological polar surface area (TPSA) is 85.8 Å². The number of thioether (sulfide) groups is 1. The average Bonchev–Trinajstić information content (AvgIpc) is 3.06. The lowest BCUT2D eigenvalue weighted by Crippen LogP contribution is -2.17. The molecular formula is C23H29N5OS. The summed E-state index contributed by atoms with van der Waals surface area (Å²) in [5.41, 5.74) is 4.16. The van der Waals surface area contributed by atoms with Gasteiger partial charge in [0.25, 0.3) is 0 Å². The summed E-state index contributed by atoms with van der Waals surface area (Å²) in [5, 5.41) is 11.9. The zero-order valence-corrected chi connectivity index (χ0v) is 19.0. The van der Waals surface area contributed by atoms with Gasteiger partial charge in [-0.3, -0.25) is 4.79 Å². The number of amides is 1. The monoisotopic (exact) mass is 423 g/mol. The molecule has 0 spiro atoms. The Morgan fingerprint density at radius 2 is 1.77 bits per heavy atom. The molecule has 7 heteroatoms. The van der Waals surface area contributed by atoms with Gasteiger partial charge < -0.3 is 11.2 Å². The molecule has 3 rings (SSSR count). The third-order valence-electron chi connectivity index (χ3n) is 4.86. The number of nitrogens with zero attached hydrogens (tertiary/aromatic N) is 3. The molecule has 2 aromatic carbocycles. The quantitative estimate of drug-likeness (QED) is 0.439. The van der Waals surface area contributed by atoms with Gasteiger partial charge in [-0.15, -0.1) is 10.2 Å². The largest absolute Gasteiger partial charge is 0.335 e. The molecule has 0 fully saturated rings. The van der Waals surface area contributed by atoms with Crippen LogP contribution in [0.25, 0.3) is 11.4 Å². The number of carbonyl (C=O) groups is 1. The molecule has 1 amide bonds. The second kappa shape index (κ2) is 8.92. The van der Waals surface area contributed by atoms with Crippen LogP contribution in [0.3, 0.4) is 0 Å². The lowest BCUT2D eigenvalue weighted by molar-refractivity contribution is -0.113. The first-order valence-corrected chi connectivity index (χ1v) is 11.0. The summed E-state index contributed by atoms with van der Waals surface area (Å²) in [6.45, 7) is 10.7. The summed E-state index contributed by atoms with van der Waals surface area (Å²) in [6, 6.07) is 16.0. The second-order valence-electron chi connectivity index (χ2n) is 8.58. The number of benzene rings is 2. The highest BCUT2D eigenvalue weighted by molar-refractivity contribution is 7.99. The van der Waals surface area contributed by atoms with E-state index in [0.29, 0.717) is 16.9 Å². The van der Waals surface area contributed by atoms with Crippen LogP contribution in [0.15, 0.2) is 53.7 Å². The lowest BCUT2D eigenvalue weighted by atomic mass is 9.87. The van der Waals surface area contributed by atoms with Crippen molar-refractivity contribution in [3.8, 4) is 11.4 Å². The third-order valence-corrected chi connectivity index (χ3v) is 5.81. The van der Waals surface area contributed by atoms with E-state index in [0.717, 1.165) is 16.8 Å². The van der Waals surface area contributed by atoms with Gasteiger partial charge in [-0.25, -0.2) is 4.68 Å². The van der Waals surface area contributed by atoms with Crippen LogP contribution in [0.2, 0.25) is 0 Å². The zero-order chi connectivity index (χ0) is 21.9. The van der Waals surface area contributed by atoms with Crippen LogP contribution in [0, 0.1) is 0 Å². The summed E-state index contributed by atoms with van der Waals surface area (Å²) >= 11 is 1.26. The summed E-state index contributed by atoms with van der Waals surface area (Å²) in [5.74, 6) is 7.20. The minimum Gasteiger partial charge on any atom is -0.335 e. The number of anilines is 1. The maximum absolute atomic E-state index is 12.4. The van der Waals surface area contributed by atoms with Crippen LogP contribution in [0.1, 0.15) is 51.7 Å². The molecule has 0 unspecified atom stereocenters. The predicted molar refractivity (Wildman–Crippen MR) is 124 cm³/mol. The van der Waals surface area contributed by atoms with E-state index >= 15 is 0 Å². The van der Waals surface area contributed by atoms with Crippen molar-refractivity contribution < 1.29 is 4.79 Å². The normalized spacial score (nSPS) is 11.7. The maximum atomic E-state index is 12.4. The van der Waals surface area contributed by atoms with Crippen LogP contribution in [-0.2, 0) is 10.2 Å². The average molecular weight is 424 g/mol. The molecule has 0 radical (unpaired) electrons. The highest BCUT2D eigenvalue weighted by atomic mass is 32.2. The van der Waals surface area contributed by atoms with Gasteiger partial charge in [-0.1, -0.05) is 88.8 Å². The van der Waals surface area contributed by atoms with E-state index in [4.69, 9.17) is 5.84 Å². The van der Waals surface area contributed by atoms with Crippen molar-refractivity contribution in [1.82, 2.24) is 14.9 Å². The summed E-state index contributed by atoms with van der Waals surface area (Å²) in [6.07, 6.45) is 0. The Kier molecular flexibility index (Phi) is 6.51. The Hall–Kier alpha value is -2.80. The van der Waals surface area contributed by atoms with E-state index < -0.39 is 0 Å². The van der Waals surface area contributed by atoms with Crippen molar-refractivity contribution >= 4 is 23.4 Å². The SMILES string of the molecule is CC(C)c1ccccc1NC(=O)CSc1nnc(-c2ccc(C(C)(C)C)cc2)n1N. The molecule has 3 N–H and O–H groups in total. The van der Waals surface area contributed by atoms with E-state index in [2.05, 4.69) is 62.3 Å². The highest BCUT2D eigenvalue weighted by Gasteiger charge is 2.17. The molecule has 1 heterocycles. The number of nitrogens with two attached hydrogens (primary N) is 1. The second-order valence-corrected chi connectivity index (χ2v) is 9.52. The standard InChI is InChI=1S/C23H29N5OS/c1-15(2)18-8-6-7-9-19(18)25-20(29)14-30-22-27-26-21(28(22)24)16-10-12-17(13-11-16)23(3,4)5/h6-13,15H,14,24H2,1-5H3,(H,25,29). The number of carbonyl (C=O) groups excluding carboxylic acids is 1. The molecule has 158 valence electrons. The first-order chi connectivity index (χ1) is 14.2. The van der Waals surface area contributed by atoms with Gasteiger partial charge in [0, 0.05) is 11.3 Å². The van der Waals surface area contributed by atoms with Gasteiger partial charge in [0.15, 0.2) is 5.82 Å². The van der Waals surface area contributed by atoms with Crippen molar-refractivity contribution in [2.24, 2.45) is 0 Å². The van der Waals surface area contributed by atoms with Crippen LogP contribution in [-0.4, -0.2) is 26.5 Å². The molecule has 1 aromatic heterocycles. The predicted octanol–water partition coefficient (Wildman–Crippen LogP) is 4.81. The lowest BCUT2D eigenvalue weighted by Gasteiger charge is -2.19. The van der Waals surface area contributed by atoms with E-state index in [9.17, 15) is 4.79 Å². The van der Waals surface area contributed by atoms with Crippen molar-refractivity contribution in [3.63, 3.8) is 0 Å². The Bertz CT molecular complexity index is 1020. The summed E-state index contributed by atoms with van der Waals surface area (Å²) in [4.78, 5) is 12.4. The molecule has 0 aliphatic heterocycles. The van der Waals surface area contributed by atoms with Gasteiger partial charge in [0.2, 0.25) is 11.1 Å². The van der Waals surface area contributed by atoms with Crippen molar-refractivity contribution in [2.75, 3.05) is 16.9 Å². The molecule has 3 aromatic rings. The van der Waals surface area contributed by atoms with Gasteiger partial charge in [0.05, 0.1) is 5.75 Å². The zero-order valence-electron chi connectivity index (χ0n) is 18.1. The van der Waals surface area contributed by atoms with Crippen LogP contribution in [0.4, 0.5) is 5.69 Å². The Morgan fingerprint density at radius 1 is 1.10 bits per heavy atom. The molecule has 30 heavy (non-hydrogen) atoms. The van der Waals surface area contributed by atoms with Crippen molar-refractivity contribution in [1.29, 1.82) is 0 Å². The minimum atomic E-state index is -0.104. The van der Waals surface area contributed by atoms with Crippen molar-refractivity contribution in [2.45, 2.75) is 51.1 Å². The van der Waals surface area contributed by atoms with E-state index in [1.807, 2.05) is 36.4 Å². The first-order valence-electron chi connectivity index (χ1n) is 10.00. The minimum absolute atomic E-state index is 0.0808. The fraction of sp³-hybridized carbons (Fsp3) is 0.348. The van der Waals surface area contributed by atoms with Crippen molar-refractivity contribution in [3.05, 3.63) is 59.7 Å². The van der Waals surface area contributed by atoms with Crippen LogP contribution in [0.5, 0.6) is 0 Å². The van der Waals surface area contributed by atoms with Crippen LogP contribution < -0.4 is 11.2 Å². The molecule has 0 aliphatic rings. The maximum Gasteiger partial charge on any atom is 0.234 e. The number of hydrogen-bond acceptors (Lipinski definition) is 5. The number of rotatable bonds is 6. The Morgan fingerprint density at radius 3 is 2.40 bits per heavy atom. The summed E-state index contributed by atoms with van der Waals surface area (Å²) < 4.78 is 1.44. The molecule has 6 nitrogen and oxygen atoms in total. The molecule has 0 saturated carbocycles. The highest BCUT2D eigenvalue weighted by Crippen LogP contribution is 2.27. The fourth-order valence-corrected chi connectivity index (χ4v) is 3.78. The van der Waals surface area contributed by atoms with Gasteiger partial charge >= 0.3 is 0 Å². The third kappa shape index (κ3) is 5.02. The number of hydrogen-bond donors (Lipinski definition) is 2. The molecule has 0 aliphatic carbocycles. The van der Waals surface area contributed by atoms with E-state index in [1.54, 1.807) is 0 Å². The fourth-order valence-electron chi connectivity index (χ4n) is 3.12. The number of aromatic nitrogens is 3. The Balaban J connectivity index is 1.66. The number of nitrogen functional groups attached to an aromatic ring is 1. The summed E-state index contributed by atoms with van der Waals surface area (Å²) in [7, 11) is 0. The number of nitrogens with one attached hydrogen (secondary N) is 1. The van der Waals surface area contributed by atoms with Gasteiger partial charge in [0.1, 0.15) is 0 Å². The Labute approximate surface area is 182 Å². The first kappa shape index (κ1) is 21.9. The van der Waals surface area contributed by atoms with E-state index in [1.165, 1.54) is 22.0 Å². The molecule has 0 atom stereocenters. The molecule has 0 saturated heterocycles.